The molecule has 0 saturated heterocycles. The van der Waals surface area contributed by atoms with E-state index >= 15 is 0 Å². The van der Waals surface area contributed by atoms with Crippen LogP contribution in [0.1, 0.15) is 35.4 Å². The highest BCUT2D eigenvalue weighted by atomic mass is 14.9. The van der Waals surface area contributed by atoms with Gasteiger partial charge in [-0.05, 0) is 30.5 Å². The number of hydrogen-bond donors (Lipinski definition) is 1. The summed E-state index contributed by atoms with van der Waals surface area (Å²) in [6.45, 7) is 6.50. The summed E-state index contributed by atoms with van der Waals surface area (Å²) in [5.74, 6) is 1.37. The molecule has 0 amide bonds. The van der Waals surface area contributed by atoms with Crippen molar-refractivity contribution in [2.24, 2.45) is 0 Å². The number of hydrogen-bond acceptors (Lipinski definition) is 1. The highest BCUT2D eigenvalue weighted by Crippen LogP contribution is 2.26. The zero-order valence-corrected chi connectivity index (χ0v) is 9.41. The largest absolute Gasteiger partial charge is 0.348 e. The topological polar surface area (TPSA) is 28.7 Å². The summed E-state index contributed by atoms with van der Waals surface area (Å²) < 4.78 is 0. The Balaban J connectivity index is 2.46. The average molecular weight is 200 g/mol. The molecule has 1 aromatic heterocycles. The maximum absolute atomic E-state index is 4.32. The molecule has 0 spiro atoms. The van der Waals surface area contributed by atoms with Gasteiger partial charge in [-0.1, -0.05) is 25.1 Å². The third-order valence-corrected chi connectivity index (χ3v) is 2.90. The molecule has 2 rings (SSSR count). The van der Waals surface area contributed by atoms with Crippen LogP contribution in [0.2, 0.25) is 0 Å². The summed E-state index contributed by atoms with van der Waals surface area (Å²) in [4.78, 5) is 7.50. The van der Waals surface area contributed by atoms with Crippen LogP contribution in [0.25, 0.3) is 0 Å². The molecule has 1 heterocycles. The Kier molecular flexibility index (Phi) is 2.58. The van der Waals surface area contributed by atoms with Crippen molar-refractivity contribution in [3.8, 4) is 0 Å². The van der Waals surface area contributed by atoms with Crippen LogP contribution in [0.5, 0.6) is 0 Å². The Morgan fingerprint density at radius 1 is 1.20 bits per heavy atom. The van der Waals surface area contributed by atoms with Gasteiger partial charge in [0.2, 0.25) is 0 Å². The minimum absolute atomic E-state index is 0.334. The summed E-state index contributed by atoms with van der Waals surface area (Å²) in [7, 11) is 0. The van der Waals surface area contributed by atoms with Crippen LogP contribution in [0, 0.1) is 13.8 Å². The first-order chi connectivity index (χ1) is 7.20. The Morgan fingerprint density at radius 3 is 2.40 bits per heavy atom. The smallest absolute Gasteiger partial charge is 0.113 e. The lowest BCUT2D eigenvalue weighted by Crippen LogP contribution is -2.03. The first-order valence-corrected chi connectivity index (χ1v) is 5.25. The molecule has 1 N–H and O–H groups in total. The SMILES string of the molecule is Cc1cccc(C)c1[C@H](C)c1ncc[nH]1. The molecule has 2 heteroatoms. The lowest BCUT2D eigenvalue weighted by molar-refractivity contribution is 0.824. The van der Waals surface area contributed by atoms with E-state index in [0.717, 1.165) is 5.82 Å². The number of nitrogens with one attached hydrogen (secondary N) is 1. The van der Waals surface area contributed by atoms with Gasteiger partial charge in [-0.15, -0.1) is 0 Å². The summed E-state index contributed by atoms with van der Waals surface area (Å²) in [6.07, 6.45) is 3.68. The van der Waals surface area contributed by atoms with Crippen LogP contribution >= 0.6 is 0 Å². The Hall–Kier alpha value is -1.57. The minimum Gasteiger partial charge on any atom is -0.348 e. The number of H-pyrrole nitrogens is 1. The van der Waals surface area contributed by atoms with Crippen molar-refractivity contribution in [2.75, 3.05) is 0 Å². The molecule has 1 atom stereocenters. The maximum atomic E-state index is 4.32. The van der Waals surface area contributed by atoms with Gasteiger partial charge in [0.15, 0.2) is 0 Å². The van der Waals surface area contributed by atoms with Crippen LogP contribution in [-0.2, 0) is 0 Å². The lowest BCUT2D eigenvalue weighted by atomic mass is 9.92. The quantitative estimate of drug-likeness (QED) is 0.792. The summed E-state index contributed by atoms with van der Waals surface area (Å²) in [5.41, 5.74) is 4.05. The van der Waals surface area contributed by atoms with Crippen molar-refractivity contribution in [1.29, 1.82) is 0 Å². The van der Waals surface area contributed by atoms with Crippen LogP contribution in [0.3, 0.4) is 0 Å². The number of aromatic amines is 1. The lowest BCUT2D eigenvalue weighted by Gasteiger charge is -2.15. The van der Waals surface area contributed by atoms with E-state index in [1.165, 1.54) is 16.7 Å². The first kappa shape index (κ1) is 9.97. The van der Waals surface area contributed by atoms with Crippen molar-refractivity contribution in [1.82, 2.24) is 9.97 Å². The normalized spacial score (nSPS) is 12.7. The second-order valence-electron chi connectivity index (χ2n) is 4.00. The minimum atomic E-state index is 0.334. The third-order valence-electron chi connectivity index (χ3n) is 2.90. The average Bonchev–Trinajstić information content (AvgIpc) is 2.69. The van der Waals surface area contributed by atoms with E-state index in [4.69, 9.17) is 0 Å². The summed E-state index contributed by atoms with van der Waals surface area (Å²) >= 11 is 0. The fourth-order valence-corrected chi connectivity index (χ4v) is 2.16. The van der Waals surface area contributed by atoms with E-state index in [0.29, 0.717) is 5.92 Å². The van der Waals surface area contributed by atoms with Crippen molar-refractivity contribution >= 4 is 0 Å². The number of aryl methyl sites for hydroxylation is 2. The molecule has 0 aliphatic carbocycles. The number of nitrogens with zero attached hydrogens (tertiary/aromatic N) is 1. The van der Waals surface area contributed by atoms with Gasteiger partial charge in [0.1, 0.15) is 5.82 Å². The van der Waals surface area contributed by atoms with Crippen molar-refractivity contribution < 1.29 is 0 Å². The van der Waals surface area contributed by atoms with Gasteiger partial charge in [-0.3, -0.25) is 0 Å². The Labute approximate surface area is 90.4 Å². The Bertz CT molecular complexity index is 423. The van der Waals surface area contributed by atoms with Gasteiger partial charge < -0.3 is 4.98 Å². The summed E-state index contributed by atoms with van der Waals surface area (Å²) in [5, 5.41) is 0. The molecular weight excluding hydrogens is 184 g/mol. The Morgan fingerprint density at radius 2 is 1.87 bits per heavy atom. The van der Waals surface area contributed by atoms with Crippen LogP contribution in [-0.4, -0.2) is 9.97 Å². The van der Waals surface area contributed by atoms with E-state index in [2.05, 4.69) is 48.9 Å². The first-order valence-electron chi connectivity index (χ1n) is 5.25. The van der Waals surface area contributed by atoms with Gasteiger partial charge in [-0.2, -0.15) is 0 Å². The second kappa shape index (κ2) is 3.89. The van der Waals surface area contributed by atoms with E-state index in [-0.39, 0.29) is 0 Å². The molecule has 1 aromatic carbocycles. The molecule has 0 aliphatic rings. The molecule has 2 nitrogen and oxygen atoms in total. The summed E-state index contributed by atoms with van der Waals surface area (Å²) in [6, 6.07) is 6.41. The van der Waals surface area contributed by atoms with E-state index in [1.807, 2.05) is 6.20 Å². The van der Waals surface area contributed by atoms with E-state index in [1.54, 1.807) is 6.20 Å². The monoisotopic (exact) mass is 200 g/mol. The van der Waals surface area contributed by atoms with Gasteiger partial charge in [0.05, 0.1) is 0 Å². The van der Waals surface area contributed by atoms with E-state index in [9.17, 15) is 0 Å². The molecule has 15 heavy (non-hydrogen) atoms. The fraction of sp³-hybridized carbons (Fsp3) is 0.308. The molecule has 0 aliphatic heterocycles. The fourth-order valence-electron chi connectivity index (χ4n) is 2.16. The molecule has 0 saturated carbocycles. The van der Waals surface area contributed by atoms with Crippen molar-refractivity contribution in [3.05, 3.63) is 53.1 Å². The van der Waals surface area contributed by atoms with Crippen molar-refractivity contribution in [2.45, 2.75) is 26.7 Å². The number of rotatable bonds is 2. The molecular formula is C13H16N2. The predicted molar refractivity (Wildman–Crippen MR) is 62.0 cm³/mol. The van der Waals surface area contributed by atoms with Crippen molar-refractivity contribution in [3.63, 3.8) is 0 Å². The zero-order valence-electron chi connectivity index (χ0n) is 9.41. The number of benzene rings is 1. The molecule has 2 aromatic rings. The van der Waals surface area contributed by atoms with Crippen LogP contribution in [0.15, 0.2) is 30.6 Å². The third kappa shape index (κ3) is 1.80. The van der Waals surface area contributed by atoms with Gasteiger partial charge in [-0.25, -0.2) is 4.98 Å². The van der Waals surface area contributed by atoms with E-state index < -0.39 is 0 Å². The standard InChI is InChI=1S/C13H16N2/c1-9-5-4-6-10(2)12(9)11(3)13-14-7-8-15-13/h4-8,11H,1-3H3,(H,14,15)/t11-/m0/s1. The number of aromatic nitrogens is 2. The maximum Gasteiger partial charge on any atom is 0.113 e. The van der Waals surface area contributed by atoms with Crippen LogP contribution < -0.4 is 0 Å². The molecule has 0 radical (unpaired) electrons. The molecule has 0 fully saturated rings. The predicted octanol–water partition coefficient (Wildman–Crippen LogP) is 3.18. The molecule has 0 unspecified atom stereocenters. The van der Waals surface area contributed by atoms with Gasteiger partial charge in [0.25, 0.3) is 0 Å². The van der Waals surface area contributed by atoms with Crippen LogP contribution in [0.4, 0.5) is 0 Å². The highest BCUT2D eigenvalue weighted by molar-refractivity contribution is 5.38. The highest BCUT2D eigenvalue weighted by Gasteiger charge is 2.14. The molecule has 78 valence electrons. The zero-order chi connectivity index (χ0) is 10.8. The second-order valence-corrected chi connectivity index (χ2v) is 4.00. The number of imidazole rings is 1. The van der Waals surface area contributed by atoms with Gasteiger partial charge in [0, 0.05) is 18.3 Å². The molecule has 0 bridgehead atoms. The van der Waals surface area contributed by atoms with Gasteiger partial charge >= 0.3 is 0 Å².